The lowest BCUT2D eigenvalue weighted by Gasteiger charge is -2.19. The number of nitrogens with one attached hydrogen (secondary N) is 1. The number of fused-ring (bicyclic) bond motifs is 1. The summed E-state index contributed by atoms with van der Waals surface area (Å²) in [6.45, 7) is 7.75. The number of ether oxygens (including phenoxy) is 1. The average Bonchev–Trinajstić information content (AvgIpc) is 2.80. The molecule has 2 rings (SSSR count). The van der Waals surface area contributed by atoms with E-state index in [1.165, 1.54) is 7.05 Å². The van der Waals surface area contributed by atoms with Gasteiger partial charge >= 0.3 is 12.2 Å². The lowest BCUT2D eigenvalue weighted by atomic mass is 10.1. The molecule has 7 nitrogen and oxygen atoms in total. The number of furan rings is 1. The fourth-order valence-corrected chi connectivity index (χ4v) is 2.50. The smallest absolute Gasteiger partial charge is 0.407 e. The largest absolute Gasteiger partial charge is 0.465 e. The number of carbonyl (C=O) groups is 2. The van der Waals surface area contributed by atoms with Crippen LogP contribution in [0.15, 0.2) is 22.6 Å². The van der Waals surface area contributed by atoms with Crippen molar-refractivity contribution in [3.05, 3.63) is 35.1 Å². The molecule has 0 saturated carbocycles. The number of hydrogen-bond donors (Lipinski definition) is 2. The molecule has 1 aromatic carbocycles. The fraction of sp³-hybridized carbons (Fsp3) is 0.444. The molecule has 0 bridgehead atoms. The van der Waals surface area contributed by atoms with Crippen LogP contribution in [-0.2, 0) is 17.8 Å². The van der Waals surface area contributed by atoms with Gasteiger partial charge in [-0.3, -0.25) is 0 Å². The maximum absolute atomic E-state index is 11.8. The molecule has 136 valence electrons. The summed E-state index contributed by atoms with van der Waals surface area (Å²) in [5, 5.41) is 12.6. The van der Waals surface area contributed by atoms with E-state index in [4.69, 9.17) is 14.3 Å². The predicted octanol–water partition coefficient (Wildman–Crippen LogP) is 3.88. The van der Waals surface area contributed by atoms with Gasteiger partial charge in [0.1, 0.15) is 16.9 Å². The van der Waals surface area contributed by atoms with Crippen molar-refractivity contribution < 1.29 is 23.8 Å². The van der Waals surface area contributed by atoms with E-state index in [-0.39, 0.29) is 6.54 Å². The summed E-state index contributed by atoms with van der Waals surface area (Å²) in [6, 6.07) is 5.55. The zero-order valence-electron chi connectivity index (χ0n) is 15.2. The Labute approximate surface area is 146 Å². The fourth-order valence-electron chi connectivity index (χ4n) is 2.50. The van der Waals surface area contributed by atoms with Crippen LogP contribution in [0.25, 0.3) is 11.0 Å². The molecule has 1 aromatic heterocycles. The SMILES string of the molecule is Cc1c(CN(C)C(=O)O)oc2cccc(CNC(=O)OC(C)(C)C)c12. The van der Waals surface area contributed by atoms with E-state index in [1.54, 1.807) is 20.8 Å². The molecule has 0 aliphatic rings. The van der Waals surface area contributed by atoms with Gasteiger partial charge in [0, 0.05) is 24.5 Å². The van der Waals surface area contributed by atoms with E-state index in [0.29, 0.717) is 17.9 Å². The monoisotopic (exact) mass is 348 g/mol. The molecule has 0 aliphatic carbocycles. The summed E-state index contributed by atoms with van der Waals surface area (Å²) < 4.78 is 11.0. The first-order valence-corrected chi connectivity index (χ1v) is 7.99. The van der Waals surface area contributed by atoms with Gasteiger partial charge in [-0.1, -0.05) is 12.1 Å². The standard InChI is InChI=1S/C18H24N2O5/c1-11-14(10-20(5)17(22)23)24-13-8-6-7-12(15(11)13)9-19-16(21)25-18(2,3)4/h6-8H,9-10H2,1-5H3,(H,19,21)(H,22,23). The average molecular weight is 348 g/mol. The molecule has 2 amide bonds. The quantitative estimate of drug-likeness (QED) is 0.875. The van der Waals surface area contributed by atoms with Crippen LogP contribution in [0.1, 0.15) is 37.7 Å². The molecule has 25 heavy (non-hydrogen) atoms. The number of alkyl carbamates (subject to hydrolysis) is 1. The Bertz CT molecular complexity index is 789. The van der Waals surface area contributed by atoms with Crippen molar-refractivity contribution >= 4 is 23.2 Å². The second kappa shape index (κ2) is 7.04. The summed E-state index contributed by atoms with van der Waals surface area (Å²) in [5.41, 5.74) is 1.85. The zero-order chi connectivity index (χ0) is 18.8. The second-order valence-corrected chi connectivity index (χ2v) is 6.93. The van der Waals surface area contributed by atoms with Crippen molar-refractivity contribution in [1.29, 1.82) is 0 Å². The van der Waals surface area contributed by atoms with Gasteiger partial charge in [0.2, 0.25) is 0 Å². The molecule has 0 unspecified atom stereocenters. The van der Waals surface area contributed by atoms with Gasteiger partial charge in [0.15, 0.2) is 0 Å². The lowest BCUT2D eigenvalue weighted by Crippen LogP contribution is -2.32. The molecule has 0 fully saturated rings. The van der Waals surface area contributed by atoms with Crippen LogP contribution in [0.5, 0.6) is 0 Å². The van der Waals surface area contributed by atoms with Crippen LogP contribution in [0.4, 0.5) is 9.59 Å². The highest BCUT2D eigenvalue weighted by molar-refractivity contribution is 5.86. The highest BCUT2D eigenvalue weighted by atomic mass is 16.6. The number of amides is 2. The Morgan fingerprint density at radius 1 is 1.32 bits per heavy atom. The molecule has 0 atom stereocenters. The third-order valence-electron chi connectivity index (χ3n) is 3.67. The first-order valence-electron chi connectivity index (χ1n) is 7.99. The van der Waals surface area contributed by atoms with Gasteiger partial charge in [-0.25, -0.2) is 9.59 Å². The summed E-state index contributed by atoms with van der Waals surface area (Å²) in [7, 11) is 1.49. The summed E-state index contributed by atoms with van der Waals surface area (Å²) >= 11 is 0. The van der Waals surface area contributed by atoms with E-state index >= 15 is 0 Å². The Hall–Kier alpha value is -2.70. The number of nitrogens with zero attached hydrogens (tertiary/aromatic N) is 1. The van der Waals surface area contributed by atoms with E-state index in [9.17, 15) is 9.59 Å². The summed E-state index contributed by atoms with van der Waals surface area (Å²) in [6.07, 6.45) is -1.51. The second-order valence-electron chi connectivity index (χ2n) is 6.93. The minimum absolute atomic E-state index is 0.161. The van der Waals surface area contributed by atoms with Gasteiger partial charge < -0.3 is 24.5 Å². The van der Waals surface area contributed by atoms with E-state index in [0.717, 1.165) is 21.4 Å². The van der Waals surface area contributed by atoms with Gasteiger partial charge in [0.05, 0.1) is 6.54 Å². The normalized spacial score (nSPS) is 11.4. The van der Waals surface area contributed by atoms with Gasteiger partial charge in [-0.15, -0.1) is 0 Å². The minimum Gasteiger partial charge on any atom is -0.465 e. The Balaban J connectivity index is 2.22. The molecular formula is C18H24N2O5. The van der Waals surface area contributed by atoms with Crippen molar-refractivity contribution in [2.45, 2.75) is 46.4 Å². The van der Waals surface area contributed by atoms with Gasteiger partial charge in [0.25, 0.3) is 0 Å². The van der Waals surface area contributed by atoms with E-state index < -0.39 is 17.8 Å². The highest BCUT2D eigenvalue weighted by Crippen LogP contribution is 2.29. The molecule has 1 heterocycles. The third-order valence-corrected chi connectivity index (χ3v) is 3.67. The maximum atomic E-state index is 11.8. The third kappa shape index (κ3) is 4.65. The van der Waals surface area contributed by atoms with Gasteiger partial charge in [-0.05, 0) is 39.3 Å². The molecular weight excluding hydrogens is 324 g/mol. The highest BCUT2D eigenvalue weighted by Gasteiger charge is 2.19. The number of carboxylic acid groups (broad SMARTS) is 1. The molecule has 0 aliphatic heterocycles. The van der Waals surface area contributed by atoms with Crippen LogP contribution in [0, 0.1) is 6.92 Å². The van der Waals surface area contributed by atoms with Crippen LogP contribution in [0.3, 0.4) is 0 Å². The Morgan fingerprint density at radius 2 is 2.00 bits per heavy atom. The zero-order valence-corrected chi connectivity index (χ0v) is 15.2. The van der Waals surface area contributed by atoms with Crippen molar-refractivity contribution in [3.8, 4) is 0 Å². The first-order chi connectivity index (χ1) is 11.6. The summed E-state index contributed by atoms with van der Waals surface area (Å²) in [4.78, 5) is 24.0. The minimum atomic E-state index is -1.02. The number of aryl methyl sites for hydroxylation is 1. The van der Waals surface area contributed by atoms with E-state index in [1.807, 2.05) is 25.1 Å². The van der Waals surface area contributed by atoms with Crippen molar-refractivity contribution in [1.82, 2.24) is 10.2 Å². The van der Waals surface area contributed by atoms with Crippen molar-refractivity contribution in [2.75, 3.05) is 7.05 Å². The van der Waals surface area contributed by atoms with Crippen LogP contribution in [0.2, 0.25) is 0 Å². The molecule has 7 heteroatoms. The van der Waals surface area contributed by atoms with Crippen molar-refractivity contribution in [3.63, 3.8) is 0 Å². The summed E-state index contributed by atoms with van der Waals surface area (Å²) in [5.74, 6) is 0.588. The molecule has 2 N–H and O–H groups in total. The number of carbonyl (C=O) groups excluding carboxylic acids is 1. The lowest BCUT2D eigenvalue weighted by molar-refractivity contribution is 0.0523. The number of hydrogen-bond acceptors (Lipinski definition) is 4. The maximum Gasteiger partial charge on any atom is 0.407 e. The topological polar surface area (TPSA) is 92.0 Å². The number of benzene rings is 1. The van der Waals surface area contributed by atoms with Crippen LogP contribution < -0.4 is 5.32 Å². The predicted molar refractivity (Wildman–Crippen MR) is 93.5 cm³/mol. The Kier molecular flexibility index (Phi) is 5.25. The Morgan fingerprint density at radius 3 is 2.60 bits per heavy atom. The number of rotatable bonds is 4. The molecule has 2 aromatic rings. The molecule has 0 saturated heterocycles. The van der Waals surface area contributed by atoms with Crippen molar-refractivity contribution in [2.24, 2.45) is 0 Å². The van der Waals surface area contributed by atoms with Gasteiger partial charge in [-0.2, -0.15) is 0 Å². The van der Waals surface area contributed by atoms with E-state index in [2.05, 4.69) is 5.32 Å². The molecule has 0 radical (unpaired) electrons. The molecule has 0 spiro atoms. The van der Waals surface area contributed by atoms with Crippen LogP contribution in [-0.4, -0.2) is 34.8 Å². The van der Waals surface area contributed by atoms with Crippen LogP contribution >= 0.6 is 0 Å². The first kappa shape index (κ1) is 18.6.